The number of nitrogens with one attached hydrogen (secondary N) is 5. The highest BCUT2D eigenvalue weighted by Gasteiger charge is 2.45. The number of fused-ring (bicyclic) bond motifs is 2. The Bertz CT molecular complexity index is 4620. The molecule has 6 aliphatic rings. The topological polar surface area (TPSA) is 301 Å². The van der Waals surface area contributed by atoms with Crippen molar-refractivity contribution in [3.8, 4) is 16.3 Å². The first kappa shape index (κ1) is 77.2. The van der Waals surface area contributed by atoms with Gasteiger partial charge in [-0.3, -0.25) is 43.9 Å². The number of anilines is 4. The van der Waals surface area contributed by atoms with Crippen molar-refractivity contribution in [2.45, 2.75) is 160 Å². The number of H-pyrrole nitrogens is 1. The fourth-order valence-corrected chi connectivity index (χ4v) is 17.7. The van der Waals surface area contributed by atoms with E-state index in [2.05, 4.69) is 64.4 Å². The van der Waals surface area contributed by atoms with Crippen LogP contribution < -0.4 is 35.2 Å². The van der Waals surface area contributed by atoms with Crippen LogP contribution in [0.15, 0.2) is 119 Å². The standard InChI is InChI=1S/C80H99ClN14O11S2/c1-51(53-14-16-55(17-15-53)72-52(2)83-50-107-72)84-76(100)68-44-61(96)48-94(68)78(101)73(79(3,4)5)86-70(97)12-9-7-8-10-13-71(98)92-39-35-90(36-40-92)49-80(6)30-28-57(64(46-80)54-18-20-58(81)21-19-54)47-89-33-37-91(38-34-89)60-24-26-63(66(43-60)93-32-11-41-106-77-69(93)42-56-29-31-82-74(56)87-77)75(99)88-108(104,105)62-25-27-65(85-59-22-23-59)67(45-62)95(102)103/h14-21,24-27,29,31,42-43,45,50-51,59,61,68,73,85,96H,7-13,22-23,28,30,32-41,44,46-49H2,1-6H3,(H,82,87)(H,84,100)(H,86,97)(H,88,99)/t51-,61+,68-,73+,80-/m0/s1. The van der Waals surface area contributed by atoms with Gasteiger partial charge in [-0.2, -0.15) is 4.98 Å². The number of hydrogen-bond acceptors (Lipinski definition) is 19. The van der Waals surface area contributed by atoms with Gasteiger partial charge >= 0.3 is 0 Å². The Balaban J connectivity index is 0.582. The van der Waals surface area contributed by atoms with Gasteiger partial charge in [0.25, 0.3) is 21.6 Å². The van der Waals surface area contributed by atoms with Crippen molar-refractivity contribution < 1.29 is 47.2 Å². The Kier molecular flexibility index (Phi) is 23.6. The van der Waals surface area contributed by atoms with Gasteiger partial charge in [0.2, 0.25) is 29.5 Å². The lowest BCUT2D eigenvalue weighted by Crippen LogP contribution is -2.57. The number of halogens is 1. The molecule has 7 aromatic rings. The molecule has 0 unspecified atom stereocenters. The molecule has 4 fully saturated rings. The van der Waals surface area contributed by atoms with Crippen molar-refractivity contribution >= 4 is 108 Å². The zero-order valence-electron chi connectivity index (χ0n) is 62.4. The maximum atomic E-state index is 14.6. The lowest BCUT2D eigenvalue weighted by Gasteiger charge is -2.44. The van der Waals surface area contributed by atoms with Crippen LogP contribution in [0.2, 0.25) is 5.02 Å². The van der Waals surface area contributed by atoms with Crippen LogP contribution in [0.3, 0.4) is 0 Å². The summed E-state index contributed by atoms with van der Waals surface area (Å²) in [5, 5.41) is 33.6. The lowest BCUT2D eigenvalue weighted by atomic mass is 9.70. The zero-order valence-corrected chi connectivity index (χ0v) is 64.8. The average molecular weight is 1530 g/mol. The highest BCUT2D eigenvalue weighted by Crippen LogP contribution is 2.46. The smallest absolute Gasteiger partial charge is 0.293 e. The number of benzene rings is 4. The molecule has 5 amide bonds. The number of nitro groups is 1. The summed E-state index contributed by atoms with van der Waals surface area (Å²) in [5.74, 6) is -1.40. The number of aliphatic hydroxyl groups is 1. The largest absolute Gasteiger partial charge is 0.476 e. The third kappa shape index (κ3) is 18.3. The minimum atomic E-state index is -4.60. The number of allylic oxidation sites excluding steroid dienone is 1. The number of likely N-dealkylation sites (tertiary alicyclic amines) is 1. The number of rotatable bonds is 26. The highest BCUT2D eigenvalue weighted by atomic mass is 35.5. The van der Waals surface area contributed by atoms with E-state index in [-0.39, 0.29) is 65.9 Å². The quantitative estimate of drug-likeness (QED) is 0.0167. The fourth-order valence-electron chi connectivity index (χ4n) is 15.7. The molecular formula is C80H99ClN14O11S2. The number of ether oxygens (including phenoxy) is 1. The number of pyridine rings is 1. The summed E-state index contributed by atoms with van der Waals surface area (Å²) in [6.45, 7) is 20.2. The van der Waals surface area contributed by atoms with Crippen LogP contribution in [0, 0.1) is 27.9 Å². The minimum absolute atomic E-state index is 0.0109. The number of carbonyl (C=O) groups excluding carboxylic acids is 5. The summed E-state index contributed by atoms with van der Waals surface area (Å²) in [7, 11) is -4.60. The molecule has 4 aromatic carbocycles. The Hall–Kier alpha value is -8.99. The number of β-amino-alcohol motifs (C(OH)–C–C–N with tert-alkyl or cyclic N) is 1. The van der Waals surface area contributed by atoms with Gasteiger partial charge in [0.05, 0.1) is 55.9 Å². The maximum Gasteiger partial charge on any atom is 0.293 e. The Morgan fingerprint density at radius 3 is 2.28 bits per heavy atom. The molecule has 0 bridgehead atoms. The van der Waals surface area contributed by atoms with Crippen LogP contribution in [0.25, 0.3) is 27.0 Å². The van der Waals surface area contributed by atoms with E-state index in [0.29, 0.717) is 92.9 Å². The molecule has 108 heavy (non-hydrogen) atoms. The van der Waals surface area contributed by atoms with Gasteiger partial charge in [-0.1, -0.05) is 94.1 Å². The van der Waals surface area contributed by atoms with Gasteiger partial charge in [-0.15, -0.1) is 11.3 Å². The summed E-state index contributed by atoms with van der Waals surface area (Å²) in [6.07, 6.45) is 9.61. The predicted octanol–water partition coefficient (Wildman–Crippen LogP) is 11.8. The Morgan fingerprint density at radius 1 is 0.852 bits per heavy atom. The van der Waals surface area contributed by atoms with Crippen molar-refractivity contribution in [3.05, 3.63) is 152 Å². The van der Waals surface area contributed by atoms with E-state index in [1.54, 1.807) is 23.6 Å². The van der Waals surface area contributed by atoms with E-state index in [9.17, 15) is 47.6 Å². The number of nitrogens with zero attached hydrogens (tertiary/aromatic N) is 9. The fraction of sp³-hybridized carbons (Fsp3) is 0.487. The summed E-state index contributed by atoms with van der Waals surface area (Å²) >= 11 is 8.08. The number of nitro benzene ring substituents is 1. The number of aliphatic hydroxyl groups excluding tert-OH is 1. The number of carbonyl (C=O) groups is 5. The Morgan fingerprint density at radius 2 is 1.57 bits per heavy atom. The molecule has 0 radical (unpaired) electrons. The molecule has 2 aliphatic carbocycles. The number of aryl methyl sites for hydroxylation is 1. The van der Waals surface area contributed by atoms with Crippen LogP contribution in [0.5, 0.6) is 5.88 Å². The molecule has 0 spiro atoms. The lowest BCUT2D eigenvalue weighted by molar-refractivity contribution is -0.384. The highest BCUT2D eigenvalue weighted by molar-refractivity contribution is 7.90. The molecule has 28 heteroatoms. The predicted molar refractivity (Wildman–Crippen MR) is 420 cm³/mol. The second-order valence-electron chi connectivity index (χ2n) is 31.4. The third-order valence-electron chi connectivity index (χ3n) is 22.0. The van der Waals surface area contributed by atoms with Crippen molar-refractivity contribution in [2.24, 2.45) is 10.8 Å². The number of aromatic amines is 1. The van der Waals surface area contributed by atoms with Gasteiger partial charge in [0.1, 0.15) is 29.1 Å². The number of hydrogen-bond donors (Lipinski definition) is 6. The zero-order chi connectivity index (χ0) is 76.2. The second-order valence-corrected chi connectivity index (χ2v) is 34.3. The summed E-state index contributed by atoms with van der Waals surface area (Å²) in [4.78, 5) is 107. The number of amides is 5. The normalized spacial score (nSPS) is 20.2. The van der Waals surface area contributed by atoms with E-state index in [0.717, 1.165) is 123 Å². The van der Waals surface area contributed by atoms with Gasteiger partial charge in [-0.25, -0.2) is 18.1 Å². The number of aromatic nitrogens is 3. The monoisotopic (exact) mass is 1530 g/mol. The minimum Gasteiger partial charge on any atom is -0.476 e. The summed E-state index contributed by atoms with van der Waals surface area (Å²) in [5.41, 5.74) is 10.4. The van der Waals surface area contributed by atoms with Gasteiger partial charge in [0.15, 0.2) is 0 Å². The molecule has 3 aromatic heterocycles. The SMILES string of the molecule is Cc1ncsc1-c1ccc([C@H](C)NC(=O)[C@@H]2C[C@@H](O)CN2C(=O)[C@@H](NC(=O)CCCCCCC(=O)N2CCN(C[C@@]3(C)CCC(CN4CCN(c5ccc(C(=O)NS(=O)(=O)c6ccc(NC7CC7)c([N+](=O)[O-])c6)c(N6CCCOc7nc8[nH]ccc8cc76)c5)CC4)=C(c4ccc(Cl)cc4)C3)CC2)C(C)(C)C)cc1. The van der Waals surface area contributed by atoms with E-state index in [1.807, 2.05) is 111 Å². The first-order valence-electron chi connectivity index (χ1n) is 37.9. The van der Waals surface area contributed by atoms with Gasteiger partial charge in [-0.05, 0) is 153 Å². The van der Waals surface area contributed by atoms with Crippen LogP contribution in [0.1, 0.15) is 151 Å². The third-order valence-corrected chi connectivity index (χ3v) is 24.6. The molecular weight excluding hydrogens is 1430 g/mol. The number of sulfonamides is 1. The first-order valence-corrected chi connectivity index (χ1v) is 40.6. The molecule has 4 aliphatic heterocycles. The van der Waals surface area contributed by atoms with Crippen LogP contribution in [-0.2, 0) is 29.2 Å². The van der Waals surface area contributed by atoms with E-state index in [4.69, 9.17) is 21.3 Å². The molecule has 574 valence electrons. The van der Waals surface area contributed by atoms with Gasteiger partial charge < -0.3 is 50.4 Å². The molecule has 13 rings (SSSR count). The molecule has 1 saturated carbocycles. The average Bonchev–Trinajstić information content (AvgIpc) is 1.23. The van der Waals surface area contributed by atoms with Crippen molar-refractivity contribution in [1.29, 1.82) is 0 Å². The summed E-state index contributed by atoms with van der Waals surface area (Å²) in [6, 6.07) is 27.0. The Labute approximate surface area is 640 Å². The van der Waals surface area contributed by atoms with Crippen LogP contribution >= 0.6 is 22.9 Å². The van der Waals surface area contributed by atoms with Crippen molar-refractivity contribution in [3.63, 3.8) is 0 Å². The van der Waals surface area contributed by atoms with Crippen molar-refractivity contribution in [1.82, 2.24) is 49.9 Å². The number of thiazole rings is 1. The van der Waals surface area contributed by atoms with E-state index >= 15 is 0 Å². The van der Waals surface area contributed by atoms with E-state index < -0.39 is 60.9 Å². The number of unbranched alkanes of at least 4 members (excludes halogenated alkanes) is 3. The van der Waals surface area contributed by atoms with Gasteiger partial charge in [0, 0.05) is 132 Å². The molecule has 25 nitrogen and oxygen atoms in total. The number of piperazine rings is 2. The summed E-state index contributed by atoms with van der Waals surface area (Å²) < 4.78 is 36.5. The molecule has 3 saturated heterocycles. The maximum absolute atomic E-state index is 14.6. The van der Waals surface area contributed by atoms with E-state index in [1.165, 1.54) is 33.7 Å². The van der Waals surface area contributed by atoms with Crippen LogP contribution in [-0.4, -0.2) is 192 Å². The molecule has 7 heterocycles. The van der Waals surface area contributed by atoms with Crippen LogP contribution in [0.4, 0.5) is 28.4 Å². The molecule has 6 N–H and O–H groups in total. The first-order chi connectivity index (χ1) is 51.7. The second kappa shape index (κ2) is 33.1. The van der Waals surface area contributed by atoms with Crippen molar-refractivity contribution in [2.75, 3.05) is 100 Å². The molecule has 5 atom stereocenters.